The van der Waals surface area contributed by atoms with E-state index in [0.29, 0.717) is 18.1 Å². The SMILES string of the molecule is CC(=O)NCCNC(C#N)c1ccc(Cl)cc1. The summed E-state index contributed by atoms with van der Waals surface area (Å²) in [5, 5.41) is 15.4. The van der Waals surface area contributed by atoms with Crippen molar-refractivity contribution in [2.75, 3.05) is 13.1 Å². The van der Waals surface area contributed by atoms with E-state index in [2.05, 4.69) is 16.7 Å². The highest BCUT2D eigenvalue weighted by molar-refractivity contribution is 6.30. The molecule has 0 aliphatic carbocycles. The van der Waals surface area contributed by atoms with Gasteiger partial charge in [-0.05, 0) is 17.7 Å². The summed E-state index contributed by atoms with van der Waals surface area (Å²) in [6, 6.07) is 8.88. The zero-order valence-electron chi connectivity index (χ0n) is 9.53. The van der Waals surface area contributed by atoms with E-state index in [1.54, 1.807) is 12.1 Å². The fraction of sp³-hybridized carbons (Fsp3) is 0.333. The van der Waals surface area contributed by atoms with Crippen LogP contribution in [0.4, 0.5) is 0 Å². The van der Waals surface area contributed by atoms with Crippen LogP contribution in [0, 0.1) is 11.3 Å². The molecule has 0 saturated carbocycles. The Balaban J connectivity index is 2.46. The Bertz CT molecular complexity index is 411. The Labute approximate surface area is 106 Å². The molecule has 1 rings (SSSR count). The van der Waals surface area contributed by atoms with Crippen molar-refractivity contribution in [2.24, 2.45) is 0 Å². The number of halogens is 1. The fourth-order valence-electron chi connectivity index (χ4n) is 1.35. The number of hydrogen-bond acceptors (Lipinski definition) is 3. The summed E-state index contributed by atoms with van der Waals surface area (Å²) < 4.78 is 0. The van der Waals surface area contributed by atoms with E-state index in [1.807, 2.05) is 12.1 Å². The number of nitrogens with one attached hydrogen (secondary N) is 2. The van der Waals surface area contributed by atoms with Crippen molar-refractivity contribution in [3.05, 3.63) is 34.9 Å². The summed E-state index contributed by atoms with van der Waals surface area (Å²) in [5.41, 5.74) is 0.861. The van der Waals surface area contributed by atoms with Crippen LogP contribution in [0.1, 0.15) is 18.5 Å². The normalized spacial score (nSPS) is 11.6. The van der Waals surface area contributed by atoms with Crippen LogP contribution in [-0.4, -0.2) is 19.0 Å². The lowest BCUT2D eigenvalue weighted by Gasteiger charge is -2.11. The van der Waals surface area contributed by atoms with E-state index in [9.17, 15) is 4.79 Å². The highest BCUT2D eigenvalue weighted by Crippen LogP contribution is 2.15. The number of nitriles is 1. The maximum Gasteiger partial charge on any atom is 0.216 e. The maximum atomic E-state index is 10.6. The van der Waals surface area contributed by atoms with Gasteiger partial charge >= 0.3 is 0 Å². The largest absolute Gasteiger partial charge is 0.355 e. The molecule has 1 aromatic rings. The highest BCUT2D eigenvalue weighted by atomic mass is 35.5. The molecule has 0 bridgehead atoms. The second-order valence-corrected chi connectivity index (χ2v) is 3.99. The molecule has 5 heteroatoms. The van der Waals surface area contributed by atoms with Gasteiger partial charge in [0.25, 0.3) is 0 Å². The number of hydrogen-bond donors (Lipinski definition) is 2. The summed E-state index contributed by atoms with van der Waals surface area (Å²) in [4.78, 5) is 10.6. The van der Waals surface area contributed by atoms with Crippen molar-refractivity contribution in [2.45, 2.75) is 13.0 Å². The zero-order valence-corrected chi connectivity index (χ0v) is 10.3. The number of rotatable bonds is 5. The smallest absolute Gasteiger partial charge is 0.216 e. The molecule has 1 aromatic carbocycles. The van der Waals surface area contributed by atoms with Crippen molar-refractivity contribution < 1.29 is 4.79 Å². The van der Waals surface area contributed by atoms with Gasteiger partial charge in [-0.25, -0.2) is 0 Å². The number of carbonyl (C=O) groups is 1. The van der Waals surface area contributed by atoms with Crippen molar-refractivity contribution in [1.82, 2.24) is 10.6 Å². The molecular weight excluding hydrogens is 238 g/mol. The minimum absolute atomic E-state index is 0.0770. The first kappa shape index (κ1) is 13.5. The van der Waals surface area contributed by atoms with Crippen molar-refractivity contribution in [1.29, 1.82) is 5.26 Å². The van der Waals surface area contributed by atoms with Crippen LogP contribution in [0.5, 0.6) is 0 Å². The standard InChI is InChI=1S/C12H14ClN3O/c1-9(17)15-6-7-16-12(8-14)10-2-4-11(13)5-3-10/h2-5,12,16H,6-7H2,1H3,(H,15,17). The van der Waals surface area contributed by atoms with Crippen molar-refractivity contribution in [3.8, 4) is 6.07 Å². The van der Waals surface area contributed by atoms with Gasteiger partial charge in [0.15, 0.2) is 0 Å². The predicted molar refractivity (Wildman–Crippen MR) is 66.5 cm³/mol. The number of amides is 1. The number of benzene rings is 1. The molecule has 0 fully saturated rings. The molecule has 0 heterocycles. The topological polar surface area (TPSA) is 64.9 Å². The third-order valence-electron chi connectivity index (χ3n) is 2.18. The Hall–Kier alpha value is -1.57. The Kier molecular flexibility index (Phi) is 5.47. The van der Waals surface area contributed by atoms with Crippen molar-refractivity contribution >= 4 is 17.5 Å². The Morgan fingerprint density at radius 3 is 2.59 bits per heavy atom. The van der Waals surface area contributed by atoms with Gasteiger partial charge < -0.3 is 5.32 Å². The first-order valence-electron chi connectivity index (χ1n) is 5.26. The van der Waals surface area contributed by atoms with Crippen LogP contribution >= 0.6 is 11.6 Å². The summed E-state index contributed by atoms with van der Waals surface area (Å²) in [6.45, 7) is 2.50. The van der Waals surface area contributed by atoms with Crippen LogP contribution in [0.3, 0.4) is 0 Å². The molecule has 0 aliphatic heterocycles. The van der Waals surface area contributed by atoms with Gasteiger partial charge in [-0.15, -0.1) is 0 Å². The van der Waals surface area contributed by atoms with Gasteiger partial charge in [0, 0.05) is 25.0 Å². The van der Waals surface area contributed by atoms with Crippen LogP contribution in [0.25, 0.3) is 0 Å². The average molecular weight is 252 g/mol. The van der Waals surface area contributed by atoms with Crippen LogP contribution in [0.15, 0.2) is 24.3 Å². The van der Waals surface area contributed by atoms with Gasteiger partial charge in [0.2, 0.25) is 5.91 Å². The van der Waals surface area contributed by atoms with E-state index >= 15 is 0 Å². The zero-order chi connectivity index (χ0) is 12.7. The molecule has 17 heavy (non-hydrogen) atoms. The highest BCUT2D eigenvalue weighted by Gasteiger charge is 2.08. The van der Waals surface area contributed by atoms with E-state index in [-0.39, 0.29) is 11.9 Å². The maximum absolute atomic E-state index is 10.6. The Morgan fingerprint density at radius 1 is 1.41 bits per heavy atom. The summed E-state index contributed by atoms with van der Waals surface area (Å²) >= 11 is 5.77. The predicted octanol–water partition coefficient (Wildman–Crippen LogP) is 1.63. The van der Waals surface area contributed by atoms with E-state index in [1.165, 1.54) is 6.92 Å². The monoisotopic (exact) mass is 251 g/mol. The molecule has 1 atom stereocenters. The van der Waals surface area contributed by atoms with Gasteiger partial charge in [0.1, 0.15) is 6.04 Å². The number of carbonyl (C=O) groups excluding carboxylic acids is 1. The minimum Gasteiger partial charge on any atom is -0.355 e. The van der Waals surface area contributed by atoms with Gasteiger partial charge in [0.05, 0.1) is 6.07 Å². The molecule has 0 aliphatic rings. The lowest BCUT2D eigenvalue weighted by atomic mass is 10.1. The van der Waals surface area contributed by atoms with Gasteiger partial charge in [-0.1, -0.05) is 23.7 Å². The second-order valence-electron chi connectivity index (χ2n) is 3.55. The van der Waals surface area contributed by atoms with Crippen LogP contribution < -0.4 is 10.6 Å². The van der Waals surface area contributed by atoms with Gasteiger partial charge in [-0.2, -0.15) is 5.26 Å². The fourth-order valence-corrected chi connectivity index (χ4v) is 1.47. The molecule has 1 amide bonds. The third-order valence-corrected chi connectivity index (χ3v) is 2.43. The molecule has 0 spiro atoms. The molecule has 0 radical (unpaired) electrons. The molecule has 0 saturated heterocycles. The quantitative estimate of drug-likeness (QED) is 0.782. The van der Waals surface area contributed by atoms with E-state index in [4.69, 9.17) is 16.9 Å². The summed E-state index contributed by atoms with van der Waals surface area (Å²) in [6.07, 6.45) is 0. The first-order chi connectivity index (χ1) is 8.13. The molecule has 1 unspecified atom stereocenters. The Morgan fingerprint density at radius 2 is 2.06 bits per heavy atom. The third kappa shape index (κ3) is 4.85. The lowest BCUT2D eigenvalue weighted by molar-refractivity contribution is -0.118. The minimum atomic E-state index is -0.388. The average Bonchev–Trinajstić information content (AvgIpc) is 2.30. The van der Waals surface area contributed by atoms with Crippen LogP contribution in [-0.2, 0) is 4.79 Å². The van der Waals surface area contributed by atoms with E-state index < -0.39 is 0 Å². The summed E-state index contributed by atoms with van der Waals surface area (Å²) in [5.74, 6) is -0.0770. The molecule has 90 valence electrons. The lowest BCUT2D eigenvalue weighted by Crippen LogP contribution is -2.32. The second kappa shape index (κ2) is 6.89. The molecule has 0 aromatic heterocycles. The first-order valence-corrected chi connectivity index (χ1v) is 5.64. The van der Waals surface area contributed by atoms with Crippen LogP contribution in [0.2, 0.25) is 5.02 Å². The summed E-state index contributed by atoms with van der Waals surface area (Å²) in [7, 11) is 0. The molecular formula is C12H14ClN3O. The molecule has 2 N–H and O–H groups in total. The van der Waals surface area contributed by atoms with Gasteiger partial charge in [-0.3, -0.25) is 10.1 Å². The van der Waals surface area contributed by atoms with Crippen molar-refractivity contribution in [3.63, 3.8) is 0 Å². The number of nitrogens with zero attached hydrogens (tertiary/aromatic N) is 1. The molecule has 4 nitrogen and oxygen atoms in total. The van der Waals surface area contributed by atoms with E-state index in [0.717, 1.165) is 5.56 Å².